The zero-order valence-electron chi connectivity index (χ0n) is 11.9. The lowest BCUT2D eigenvalue weighted by atomic mass is 10.3. The van der Waals surface area contributed by atoms with Gasteiger partial charge in [0.25, 0.3) is 0 Å². The maximum Gasteiger partial charge on any atom is 0.229 e. The fourth-order valence-electron chi connectivity index (χ4n) is 1.71. The minimum Gasteiger partial charge on any atom is -0.497 e. The summed E-state index contributed by atoms with van der Waals surface area (Å²) in [4.78, 5) is 8.63. The first kappa shape index (κ1) is 14.1. The molecule has 5 nitrogen and oxygen atoms in total. The molecule has 0 aliphatic rings. The third kappa shape index (κ3) is 4.12. The van der Waals surface area contributed by atoms with E-state index in [-0.39, 0.29) is 0 Å². The molecule has 2 aromatic rings. The highest BCUT2D eigenvalue weighted by Gasteiger charge is 2.00. The number of nitrogens with zero attached hydrogens (tertiary/aromatic N) is 2. The van der Waals surface area contributed by atoms with Gasteiger partial charge in [-0.25, -0.2) is 4.98 Å². The summed E-state index contributed by atoms with van der Waals surface area (Å²) < 4.78 is 5.12. The van der Waals surface area contributed by atoms with Gasteiger partial charge >= 0.3 is 0 Å². The van der Waals surface area contributed by atoms with Crippen LogP contribution in [0.4, 0.5) is 17.5 Å². The molecule has 0 fully saturated rings. The second-order valence-corrected chi connectivity index (χ2v) is 4.40. The molecule has 1 heterocycles. The van der Waals surface area contributed by atoms with Crippen LogP contribution in [0.2, 0.25) is 0 Å². The highest BCUT2D eigenvalue weighted by Crippen LogP contribution is 2.18. The maximum atomic E-state index is 5.12. The number of benzene rings is 1. The van der Waals surface area contributed by atoms with Crippen molar-refractivity contribution in [3.8, 4) is 5.75 Å². The molecule has 5 heteroatoms. The number of unbranched alkanes of at least 4 members (excludes halogenated alkanes) is 1. The molecule has 0 spiro atoms. The molecule has 1 aromatic carbocycles. The molecular formula is C15H20N4O. The lowest BCUT2D eigenvalue weighted by Gasteiger charge is -2.08. The summed E-state index contributed by atoms with van der Waals surface area (Å²) in [6.07, 6.45) is 4.04. The van der Waals surface area contributed by atoms with Crippen molar-refractivity contribution < 1.29 is 4.74 Å². The predicted molar refractivity (Wildman–Crippen MR) is 81.7 cm³/mol. The number of rotatable bonds is 7. The van der Waals surface area contributed by atoms with Gasteiger partial charge in [-0.1, -0.05) is 13.3 Å². The van der Waals surface area contributed by atoms with Gasteiger partial charge in [0.2, 0.25) is 5.95 Å². The summed E-state index contributed by atoms with van der Waals surface area (Å²) in [6, 6.07) is 9.52. The number of ether oxygens (including phenoxy) is 1. The second kappa shape index (κ2) is 7.33. The molecule has 0 aliphatic heterocycles. The normalized spacial score (nSPS) is 10.1. The smallest absolute Gasteiger partial charge is 0.229 e. The summed E-state index contributed by atoms with van der Waals surface area (Å²) in [5.74, 6) is 2.24. The van der Waals surface area contributed by atoms with Gasteiger partial charge in [0.1, 0.15) is 11.6 Å². The van der Waals surface area contributed by atoms with E-state index in [2.05, 4.69) is 27.5 Å². The number of hydrogen-bond acceptors (Lipinski definition) is 5. The van der Waals surface area contributed by atoms with Crippen molar-refractivity contribution in [1.29, 1.82) is 0 Å². The van der Waals surface area contributed by atoms with Gasteiger partial charge in [0, 0.05) is 18.4 Å². The maximum absolute atomic E-state index is 5.12. The van der Waals surface area contributed by atoms with Crippen molar-refractivity contribution in [2.75, 3.05) is 24.3 Å². The van der Waals surface area contributed by atoms with Crippen LogP contribution in [-0.2, 0) is 0 Å². The van der Waals surface area contributed by atoms with Crippen molar-refractivity contribution in [3.05, 3.63) is 36.5 Å². The van der Waals surface area contributed by atoms with E-state index >= 15 is 0 Å². The Balaban J connectivity index is 1.99. The Kier molecular flexibility index (Phi) is 5.17. The van der Waals surface area contributed by atoms with Gasteiger partial charge < -0.3 is 15.4 Å². The van der Waals surface area contributed by atoms with Crippen molar-refractivity contribution in [3.63, 3.8) is 0 Å². The molecule has 106 valence electrons. The molecule has 0 saturated heterocycles. The average Bonchev–Trinajstić information content (AvgIpc) is 2.49. The fraction of sp³-hybridized carbons (Fsp3) is 0.333. The van der Waals surface area contributed by atoms with Gasteiger partial charge in [0.05, 0.1) is 7.11 Å². The van der Waals surface area contributed by atoms with Gasteiger partial charge in [0.15, 0.2) is 0 Å². The zero-order valence-corrected chi connectivity index (χ0v) is 11.9. The Hall–Kier alpha value is -2.30. The van der Waals surface area contributed by atoms with E-state index in [4.69, 9.17) is 4.74 Å². The third-order valence-corrected chi connectivity index (χ3v) is 2.84. The number of methoxy groups -OCH3 is 1. The SMILES string of the molecule is CCCCNc1ccnc(Nc2ccc(OC)cc2)n1. The third-order valence-electron chi connectivity index (χ3n) is 2.84. The summed E-state index contributed by atoms with van der Waals surface area (Å²) in [6.45, 7) is 3.09. The first-order valence-electron chi connectivity index (χ1n) is 6.80. The van der Waals surface area contributed by atoms with E-state index in [1.165, 1.54) is 0 Å². The largest absolute Gasteiger partial charge is 0.497 e. The first-order valence-corrected chi connectivity index (χ1v) is 6.80. The molecule has 0 atom stereocenters. The summed E-state index contributed by atoms with van der Waals surface area (Å²) in [5, 5.41) is 6.45. The zero-order chi connectivity index (χ0) is 14.2. The van der Waals surface area contributed by atoms with Crippen LogP contribution in [0, 0.1) is 0 Å². The minimum absolute atomic E-state index is 0.580. The molecule has 0 bridgehead atoms. The van der Waals surface area contributed by atoms with E-state index < -0.39 is 0 Å². The van der Waals surface area contributed by atoms with Gasteiger partial charge in [-0.05, 0) is 36.8 Å². The minimum atomic E-state index is 0.580. The number of anilines is 3. The van der Waals surface area contributed by atoms with Crippen molar-refractivity contribution in [2.45, 2.75) is 19.8 Å². The second-order valence-electron chi connectivity index (χ2n) is 4.40. The van der Waals surface area contributed by atoms with E-state index in [0.29, 0.717) is 5.95 Å². The van der Waals surface area contributed by atoms with E-state index in [1.807, 2.05) is 30.3 Å². The van der Waals surface area contributed by atoms with Gasteiger partial charge in [-0.2, -0.15) is 4.98 Å². The lowest BCUT2D eigenvalue weighted by Crippen LogP contribution is -2.05. The lowest BCUT2D eigenvalue weighted by molar-refractivity contribution is 0.415. The molecular weight excluding hydrogens is 252 g/mol. The Morgan fingerprint density at radius 3 is 2.65 bits per heavy atom. The molecule has 0 amide bonds. The van der Waals surface area contributed by atoms with E-state index in [9.17, 15) is 0 Å². The summed E-state index contributed by atoms with van der Waals surface area (Å²) in [5.41, 5.74) is 0.927. The van der Waals surface area contributed by atoms with Crippen LogP contribution in [0.15, 0.2) is 36.5 Å². The van der Waals surface area contributed by atoms with E-state index in [1.54, 1.807) is 13.3 Å². The topological polar surface area (TPSA) is 59.1 Å². The Morgan fingerprint density at radius 2 is 1.95 bits per heavy atom. The van der Waals surface area contributed by atoms with Gasteiger partial charge in [-0.3, -0.25) is 0 Å². The Morgan fingerprint density at radius 1 is 1.15 bits per heavy atom. The highest BCUT2D eigenvalue weighted by molar-refractivity contribution is 5.55. The Labute approximate surface area is 119 Å². The molecule has 20 heavy (non-hydrogen) atoms. The van der Waals surface area contributed by atoms with Crippen LogP contribution >= 0.6 is 0 Å². The molecule has 0 saturated carbocycles. The number of hydrogen-bond donors (Lipinski definition) is 2. The molecule has 2 N–H and O–H groups in total. The van der Waals surface area contributed by atoms with Gasteiger partial charge in [-0.15, -0.1) is 0 Å². The molecule has 0 radical (unpaired) electrons. The monoisotopic (exact) mass is 272 g/mol. The molecule has 0 aliphatic carbocycles. The highest BCUT2D eigenvalue weighted by atomic mass is 16.5. The molecule has 2 rings (SSSR count). The summed E-state index contributed by atoms with van der Waals surface area (Å²) >= 11 is 0. The molecule has 0 unspecified atom stereocenters. The van der Waals surface area contributed by atoms with Crippen molar-refractivity contribution in [2.24, 2.45) is 0 Å². The number of nitrogens with one attached hydrogen (secondary N) is 2. The van der Waals surface area contributed by atoms with Crippen molar-refractivity contribution >= 4 is 17.5 Å². The Bertz CT molecular complexity index is 528. The first-order chi connectivity index (χ1) is 9.81. The summed E-state index contributed by atoms with van der Waals surface area (Å²) in [7, 11) is 1.65. The van der Waals surface area contributed by atoms with Crippen LogP contribution in [0.25, 0.3) is 0 Å². The van der Waals surface area contributed by atoms with Crippen molar-refractivity contribution in [1.82, 2.24) is 9.97 Å². The van der Waals surface area contributed by atoms with Crippen LogP contribution in [0.1, 0.15) is 19.8 Å². The predicted octanol–water partition coefficient (Wildman–Crippen LogP) is 3.44. The van der Waals surface area contributed by atoms with Crippen LogP contribution in [-0.4, -0.2) is 23.6 Å². The van der Waals surface area contributed by atoms with Crippen LogP contribution in [0.3, 0.4) is 0 Å². The quantitative estimate of drug-likeness (QED) is 0.756. The van der Waals surface area contributed by atoms with E-state index in [0.717, 1.165) is 36.6 Å². The fourth-order valence-corrected chi connectivity index (χ4v) is 1.71. The standard InChI is InChI=1S/C15H20N4O/c1-3-4-10-16-14-9-11-17-15(19-14)18-12-5-7-13(20-2)8-6-12/h5-9,11H,3-4,10H2,1-2H3,(H2,16,17,18,19). The molecule has 1 aromatic heterocycles. The average molecular weight is 272 g/mol. The van der Waals surface area contributed by atoms with Crippen LogP contribution in [0.5, 0.6) is 5.75 Å². The number of aromatic nitrogens is 2. The van der Waals surface area contributed by atoms with Crippen LogP contribution < -0.4 is 15.4 Å².